The summed E-state index contributed by atoms with van der Waals surface area (Å²) < 4.78 is 6.39. The summed E-state index contributed by atoms with van der Waals surface area (Å²) in [6.45, 7) is 7.92. The van der Waals surface area contributed by atoms with Crippen LogP contribution in [-0.4, -0.2) is 36.7 Å². The van der Waals surface area contributed by atoms with Crippen LogP contribution in [0.25, 0.3) is 6.08 Å². The molecular weight excluding hydrogens is 284 g/mol. The van der Waals surface area contributed by atoms with Crippen molar-refractivity contribution in [2.45, 2.75) is 32.3 Å². The Kier molecular flexibility index (Phi) is 4.00. The predicted octanol–water partition coefficient (Wildman–Crippen LogP) is 3.16. The molecule has 1 fully saturated rings. The molecule has 0 amide bonds. The first-order valence-electron chi connectivity index (χ1n) is 7.65. The van der Waals surface area contributed by atoms with Gasteiger partial charge in [-0.1, -0.05) is 17.7 Å². The number of fused-ring (bicyclic) bond motifs is 1. The molecule has 0 bridgehead atoms. The second kappa shape index (κ2) is 5.64. The second-order valence-corrected chi connectivity index (χ2v) is 6.59. The number of nitrogens with two attached hydrogens (primary N) is 1. The highest BCUT2D eigenvalue weighted by atomic mass is 35.5. The third-order valence-corrected chi connectivity index (χ3v) is 5.16. The summed E-state index contributed by atoms with van der Waals surface area (Å²) in [5.74, 6) is 0.970. The van der Waals surface area contributed by atoms with Crippen LogP contribution < -0.4 is 10.5 Å². The number of likely N-dealkylation sites (tertiary alicyclic amines) is 1. The van der Waals surface area contributed by atoms with E-state index in [1.54, 1.807) is 0 Å². The summed E-state index contributed by atoms with van der Waals surface area (Å²) >= 11 is 6.34. The standard InChI is InChI=1S/C17H23ClN2O/c1-12-10-15-14(13(2)16(12)18)4-5-17(21-15)6-9-20(11-17)8-3-7-19/h4-5,10H,3,6-9,11,19H2,1-2H3. The van der Waals surface area contributed by atoms with Gasteiger partial charge in [-0.15, -0.1) is 0 Å². The maximum atomic E-state index is 6.39. The average molecular weight is 307 g/mol. The molecule has 0 saturated carbocycles. The number of aryl methyl sites for hydroxylation is 1. The average Bonchev–Trinajstić information content (AvgIpc) is 2.85. The van der Waals surface area contributed by atoms with Crippen LogP contribution >= 0.6 is 11.6 Å². The first-order valence-corrected chi connectivity index (χ1v) is 8.03. The highest BCUT2D eigenvalue weighted by Crippen LogP contribution is 2.40. The lowest BCUT2D eigenvalue weighted by molar-refractivity contribution is 0.123. The molecule has 1 aromatic rings. The topological polar surface area (TPSA) is 38.5 Å². The molecule has 2 N–H and O–H groups in total. The normalized spacial score (nSPS) is 24.4. The van der Waals surface area contributed by atoms with Crippen LogP contribution in [0.2, 0.25) is 5.02 Å². The smallest absolute Gasteiger partial charge is 0.141 e. The van der Waals surface area contributed by atoms with Crippen LogP contribution in [-0.2, 0) is 0 Å². The van der Waals surface area contributed by atoms with Crippen molar-refractivity contribution in [2.75, 3.05) is 26.2 Å². The van der Waals surface area contributed by atoms with Crippen LogP contribution in [0, 0.1) is 13.8 Å². The molecule has 1 unspecified atom stereocenters. The zero-order valence-corrected chi connectivity index (χ0v) is 13.5. The fraction of sp³-hybridized carbons (Fsp3) is 0.529. The SMILES string of the molecule is Cc1cc2c(c(C)c1Cl)C=CC1(CCN(CCCN)C1)O2. The largest absolute Gasteiger partial charge is 0.481 e. The molecular formula is C17H23ClN2O. The van der Waals surface area contributed by atoms with E-state index in [9.17, 15) is 0 Å². The van der Waals surface area contributed by atoms with Crippen molar-refractivity contribution < 1.29 is 4.74 Å². The maximum absolute atomic E-state index is 6.39. The highest BCUT2D eigenvalue weighted by molar-refractivity contribution is 6.32. The lowest BCUT2D eigenvalue weighted by Gasteiger charge is -2.32. The Bertz CT molecular complexity index is 585. The van der Waals surface area contributed by atoms with Gasteiger partial charge in [-0.25, -0.2) is 0 Å². The van der Waals surface area contributed by atoms with E-state index in [0.717, 1.165) is 66.5 Å². The molecule has 0 aromatic heterocycles. The van der Waals surface area contributed by atoms with Gasteiger partial charge < -0.3 is 10.5 Å². The molecule has 114 valence electrons. The molecule has 1 saturated heterocycles. The zero-order chi connectivity index (χ0) is 15.0. The Morgan fingerprint density at radius 2 is 2.24 bits per heavy atom. The first-order chi connectivity index (χ1) is 10.0. The number of halogens is 1. The highest BCUT2D eigenvalue weighted by Gasteiger charge is 2.40. The van der Waals surface area contributed by atoms with E-state index in [1.165, 1.54) is 0 Å². The summed E-state index contributed by atoms with van der Waals surface area (Å²) in [7, 11) is 0. The minimum Gasteiger partial charge on any atom is -0.481 e. The fourth-order valence-corrected chi connectivity index (χ4v) is 3.48. The summed E-state index contributed by atoms with van der Waals surface area (Å²) in [6.07, 6.45) is 6.49. The third kappa shape index (κ3) is 2.70. The molecule has 1 atom stereocenters. The van der Waals surface area contributed by atoms with Crippen LogP contribution in [0.5, 0.6) is 5.75 Å². The van der Waals surface area contributed by atoms with Crippen LogP contribution in [0.3, 0.4) is 0 Å². The van der Waals surface area contributed by atoms with Gasteiger partial charge in [0, 0.05) is 30.1 Å². The van der Waals surface area contributed by atoms with Gasteiger partial charge in [0.2, 0.25) is 0 Å². The van der Waals surface area contributed by atoms with Crippen molar-refractivity contribution in [1.29, 1.82) is 0 Å². The van der Waals surface area contributed by atoms with Crippen molar-refractivity contribution in [2.24, 2.45) is 5.73 Å². The molecule has 0 aliphatic carbocycles. The second-order valence-electron chi connectivity index (χ2n) is 6.21. The molecule has 21 heavy (non-hydrogen) atoms. The van der Waals surface area contributed by atoms with Crippen molar-refractivity contribution in [3.05, 3.63) is 33.9 Å². The first kappa shape index (κ1) is 14.9. The van der Waals surface area contributed by atoms with E-state index in [-0.39, 0.29) is 5.60 Å². The molecule has 0 radical (unpaired) electrons. The van der Waals surface area contributed by atoms with Gasteiger partial charge >= 0.3 is 0 Å². The van der Waals surface area contributed by atoms with Gasteiger partial charge in [-0.2, -0.15) is 0 Å². The lowest BCUT2D eigenvalue weighted by atomic mass is 9.94. The minimum atomic E-state index is -0.172. The fourth-order valence-electron chi connectivity index (χ4n) is 3.33. The summed E-state index contributed by atoms with van der Waals surface area (Å²) in [5, 5.41) is 0.842. The number of nitrogens with zero attached hydrogens (tertiary/aromatic N) is 1. The van der Waals surface area contributed by atoms with Crippen LogP contribution in [0.4, 0.5) is 0 Å². The van der Waals surface area contributed by atoms with Crippen molar-refractivity contribution in [3.63, 3.8) is 0 Å². The maximum Gasteiger partial charge on any atom is 0.141 e. The van der Waals surface area contributed by atoms with E-state index >= 15 is 0 Å². The van der Waals surface area contributed by atoms with E-state index in [1.807, 2.05) is 6.92 Å². The molecule has 2 aliphatic heterocycles. The van der Waals surface area contributed by atoms with Gasteiger partial charge in [-0.3, -0.25) is 4.90 Å². The molecule has 3 rings (SSSR count). The van der Waals surface area contributed by atoms with E-state index < -0.39 is 0 Å². The van der Waals surface area contributed by atoms with Gasteiger partial charge in [0.1, 0.15) is 11.4 Å². The number of hydrogen-bond acceptors (Lipinski definition) is 3. The van der Waals surface area contributed by atoms with E-state index in [2.05, 4.69) is 30.0 Å². The monoisotopic (exact) mass is 306 g/mol. The predicted molar refractivity (Wildman–Crippen MR) is 88.0 cm³/mol. The van der Waals surface area contributed by atoms with Crippen molar-refractivity contribution in [1.82, 2.24) is 4.90 Å². The number of rotatable bonds is 3. The van der Waals surface area contributed by atoms with Crippen LogP contribution in [0.15, 0.2) is 12.1 Å². The van der Waals surface area contributed by atoms with E-state index in [4.69, 9.17) is 22.1 Å². The Hall–Kier alpha value is -1.03. The molecule has 4 heteroatoms. The summed E-state index contributed by atoms with van der Waals surface area (Å²) in [5.41, 5.74) is 8.74. The Morgan fingerprint density at radius 1 is 1.43 bits per heavy atom. The zero-order valence-electron chi connectivity index (χ0n) is 12.8. The molecule has 1 aromatic carbocycles. The molecule has 2 aliphatic rings. The van der Waals surface area contributed by atoms with E-state index in [0.29, 0.717) is 0 Å². The Labute approximate surface area is 131 Å². The Morgan fingerprint density at radius 3 is 3.00 bits per heavy atom. The van der Waals surface area contributed by atoms with Crippen molar-refractivity contribution >= 4 is 17.7 Å². The van der Waals surface area contributed by atoms with Gasteiger partial charge in [0.15, 0.2) is 0 Å². The van der Waals surface area contributed by atoms with Crippen molar-refractivity contribution in [3.8, 4) is 5.75 Å². The molecule has 2 heterocycles. The summed E-state index contributed by atoms with van der Waals surface area (Å²) in [6, 6.07) is 2.07. The van der Waals surface area contributed by atoms with Crippen LogP contribution in [0.1, 0.15) is 29.5 Å². The minimum absolute atomic E-state index is 0.172. The van der Waals surface area contributed by atoms with Gasteiger partial charge in [0.25, 0.3) is 0 Å². The Balaban J connectivity index is 1.83. The number of benzene rings is 1. The quantitative estimate of drug-likeness (QED) is 0.932. The van der Waals surface area contributed by atoms with Gasteiger partial charge in [0.05, 0.1) is 0 Å². The summed E-state index contributed by atoms with van der Waals surface area (Å²) in [4.78, 5) is 2.44. The molecule has 1 spiro atoms. The number of ether oxygens (including phenoxy) is 1. The lowest BCUT2D eigenvalue weighted by Crippen LogP contribution is -2.39. The van der Waals surface area contributed by atoms with Gasteiger partial charge in [-0.05, 0) is 56.6 Å². The molecule has 3 nitrogen and oxygen atoms in total. The number of hydrogen-bond donors (Lipinski definition) is 1. The third-order valence-electron chi connectivity index (χ3n) is 4.58.